The lowest BCUT2D eigenvalue weighted by atomic mass is 10.1. The zero-order valence-electron chi connectivity index (χ0n) is 11.1. The molecule has 1 aromatic carbocycles. The van der Waals surface area contributed by atoms with E-state index in [-0.39, 0.29) is 12.7 Å². The smallest absolute Gasteiger partial charge is 0.342 e. The van der Waals surface area contributed by atoms with E-state index in [1.165, 1.54) is 7.11 Å². The van der Waals surface area contributed by atoms with Crippen LogP contribution >= 0.6 is 0 Å². The zero-order valence-corrected chi connectivity index (χ0v) is 11.1. The Morgan fingerprint density at radius 2 is 2.32 bits per heavy atom. The molecule has 5 nitrogen and oxygen atoms in total. The van der Waals surface area contributed by atoms with Crippen molar-refractivity contribution in [2.45, 2.75) is 25.4 Å². The second-order valence-electron chi connectivity index (χ2n) is 4.55. The molecule has 1 aromatic rings. The van der Waals surface area contributed by atoms with Crippen LogP contribution in [-0.4, -0.2) is 32.4 Å². The molecule has 0 radical (unpaired) electrons. The number of ether oxygens (including phenoxy) is 3. The summed E-state index contributed by atoms with van der Waals surface area (Å²) in [7, 11) is 1.50. The first-order valence-electron chi connectivity index (χ1n) is 6.43. The Hall–Kier alpha value is -1.75. The zero-order chi connectivity index (χ0) is 13.7. The fourth-order valence-corrected chi connectivity index (χ4v) is 2.06. The number of carbonyl (C=O) groups is 1. The van der Waals surface area contributed by atoms with Crippen molar-refractivity contribution in [3.63, 3.8) is 0 Å². The van der Waals surface area contributed by atoms with Gasteiger partial charge in [-0.25, -0.2) is 4.79 Å². The van der Waals surface area contributed by atoms with Crippen LogP contribution in [0.2, 0.25) is 0 Å². The molecule has 1 atom stereocenters. The molecular formula is C14H19NO4. The van der Waals surface area contributed by atoms with Crippen molar-refractivity contribution in [1.82, 2.24) is 0 Å². The molecule has 1 aliphatic rings. The summed E-state index contributed by atoms with van der Waals surface area (Å²) in [4.78, 5) is 12.0. The van der Waals surface area contributed by atoms with Crippen molar-refractivity contribution >= 4 is 11.7 Å². The van der Waals surface area contributed by atoms with Gasteiger partial charge in [-0.15, -0.1) is 0 Å². The molecule has 0 bridgehead atoms. The largest absolute Gasteiger partial charge is 0.496 e. The van der Waals surface area contributed by atoms with Gasteiger partial charge >= 0.3 is 5.97 Å². The highest BCUT2D eigenvalue weighted by Gasteiger charge is 2.18. The quantitative estimate of drug-likeness (QED) is 0.666. The highest BCUT2D eigenvalue weighted by atomic mass is 16.6. The number of carbonyl (C=O) groups excluding carboxylic acids is 1. The second-order valence-corrected chi connectivity index (χ2v) is 4.55. The maximum Gasteiger partial charge on any atom is 0.342 e. The first-order valence-corrected chi connectivity index (χ1v) is 6.43. The lowest BCUT2D eigenvalue weighted by Crippen LogP contribution is -2.26. The molecule has 2 N–H and O–H groups in total. The van der Waals surface area contributed by atoms with Crippen LogP contribution < -0.4 is 10.5 Å². The molecule has 19 heavy (non-hydrogen) atoms. The average molecular weight is 265 g/mol. The van der Waals surface area contributed by atoms with E-state index < -0.39 is 5.97 Å². The van der Waals surface area contributed by atoms with Gasteiger partial charge in [-0.05, 0) is 31.4 Å². The summed E-state index contributed by atoms with van der Waals surface area (Å²) >= 11 is 0. The number of benzene rings is 1. The highest BCUT2D eigenvalue weighted by Crippen LogP contribution is 2.22. The maximum absolute atomic E-state index is 12.0. The van der Waals surface area contributed by atoms with Crippen LogP contribution in [0, 0.1) is 0 Å². The van der Waals surface area contributed by atoms with Gasteiger partial charge in [-0.2, -0.15) is 0 Å². The van der Waals surface area contributed by atoms with Crippen LogP contribution in [0.5, 0.6) is 5.75 Å². The number of rotatable bonds is 4. The summed E-state index contributed by atoms with van der Waals surface area (Å²) in [5.74, 6) is 0.0144. The fraction of sp³-hybridized carbons (Fsp3) is 0.500. The standard InChI is InChI=1S/C14H19NO4/c1-17-13-8-10(15)5-6-12(13)14(16)19-9-11-4-2-3-7-18-11/h5-6,8,11H,2-4,7,9,15H2,1H3. The van der Waals surface area contributed by atoms with Crippen molar-refractivity contribution in [2.24, 2.45) is 0 Å². The molecule has 0 spiro atoms. The maximum atomic E-state index is 12.0. The molecule has 1 aliphatic heterocycles. The van der Waals surface area contributed by atoms with E-state index in [9.17, 15) is 4.79 Å². The minimum atomic E-state index is -0.411. The predicted octanol–water partition coefficient (Wildman–Crippen LogP) is 2.00. The predicted molar refractivity (Wildman–Crippen MR) is 71.3 cm³/mol. The van der Waals surface area contributed by atoms with Crippen LogP contribution in [0.15, 0.2) is 18.2 Å². The summed E-state index contributed by atoms with van der Waals surface area (Å²) in [6, 6.07) is 4.86. The summed E-state index contributed by atoms with van der Waals surface area (Å²) in [6.07, 6.45) is 3.15. The van der Waals surface area contributed by atoms with Gasteiger partial charge in [0.25, 0.3) is 0 Å². The molecule has 1 unspecified atom stereocenters. The first kappa shape index (κ1) is 13.7. The van der Waals surface area contributed by atoms with Gasteiger partial charge in [-0.1, -0.05) is 0 Å². The van der Waals surface area contributed by atoms with Crippen molar-refractivity contribution in [3.8, 4) is 5.75 Å². The van der Waals surface area contributed by atoms with Gasteiger partial charge in [0, 0.05) is 18.4 Å². The molecule has 104 valence electrons. The molecule has 2 rings (SSSR count). The Labute approximate surface area is 112 Å². The topological polar surface area (TPSA) is 70.8 Å². The molecule has 1 fully saturated rings. The third-order valence-corrected chi connectivity index (χ3v) is 3.12. The van der Waals surface area contributed by atoms with E-state index in [4.69, 9.17) is 19.9 Å². The SMILES string of the molecule is COc1cc(N)ccc1C(=O)OCC1CCCCO1. The van der Waals surface area contributed by atoms with E-state index in [1.807, 2.05) is 0 Å². The summed E-state index contributed by atoms with van der Waals surface area (Å²) in [6.45, 7) is 1.03. The molecule has 0 aliphatic carbocycles. The van der Waals surface area contributed by atoms with Crippen LogP contribution in [0.3, 0.4) is 0 Å². The van der Waals surface area contributed by atoms with Gasteiger partial charge in [0.1, 0.15) is 17.9 Å². The molecule has 1 saturated heterocycles. The molecule has 1 heterocycles. The summed E-state index contributed by atoms with van der Waals surface area (Å²) in [5.41, 5.74) is 6.57. The van der Waals surface area contributed by atoms with Crippen molar-refractivity contribution in [1.29, 1.82) is 0 Å². The molecule has 5 heteroatoms. The van der Waals surface area contributed by atoms with Gasteiger partial charge in [0.05, 0.1) is 13.2 Å². The Kier molecular flexibility index (Phi) is 4.63. The van der Waals surface area contributed by atoms with Crippen LogP contribution in [-0.2, 0) is 9.47 Å². The molecular weight excluding hydrogens is 246 g/mol. The first-order chi connectivity index (χ1) is 9.20. The van der Waals surface area contributed by atoms with Crippen molar-refractivity contribution in [3.05, 3.63) is 23.8 Å². The van der Waals surface area contributed by atoms with Crippen LogP contribution in [0.4, 0.5) is 5.69 Å². The van der Waals surface area contributed by atoms with Crippen LogP contribution in [0.25, 0.3) is 0 Å². The van der Waals surface area contributed by atoms with Crippen molar-refractivity contribution in [2.75, 3.05) is 26.1 Å². The lowest BCUT2D eigenvalue weighted by molar-refractivity contribution is -0.0301. The minimum Gasteiger partial charge on any atom is -0.496 e. The van der Waals surface area contributed by atoms with E-state index >= 15 is 0 Å². The summed E-state index contributed by atoms with van der Waals surface area (Å²) in [5, 5.41) is 0. The lowest BCUT2D eigenvalue weighted by Gasteiger charge is -2.22. The van der Waals surface area contributed by atoms with Crippen molar-refractivity contribution < 1.29 is 19.0 Å². The number of methoxy groups -OCH3 is 1. The number of esters is 1. The normalized spacial score (nSPS) is 18.9. The molecule has 0 amide bonds. The number of hydrogen-bond donors (Lipinski definition) is 1. The Balaban J connectivity index is 1.95. The van der Waals surface area contributed by atoms with Gasteiger partial charge < -0.3 is 19.9 Å². The monoisotopic (exact) mass is 265 g/mol. The third kappa shape index (κ3) is 3.61. The number of hydrogen-bond acceptors (Lipinski definition) is 5. The average Bonchev–Trinajstić information content (AvgIpc) is 2.45. The Morgan fingerprint density at radius 1 is 1.47 bits per heavy atom. The van der Waals surface area contributed by atoms with E-state index in [1.54, 1.807) is 18.2 Å². The molecule has 0 saturated carbocycles. The number of nitrogen functional groups attached to an aromatic ring is 1. The van der Waals surface area contributed by atoms with E-state index in [2.05, 4.69) is 0 Å². The Morgan fingerprint density at radius 3 is 3.00 bits per heavy atom. The minimum absolute atomic E-state index is 0.0116. The number of nitrogens with two attached hydrogens (primary N) is 1. The third-order valence-electron chi connectivity index (χ3n) is 3.12. The van der Waals surface area contributed by atoms with E-state index in [0.717, 1.165) is 25.9 Å². The fourth-order valence-electron chi connectivity index (χ4n) is 2.06. The summed E-state index contributed by atoms with van der Waals surface area (Å²) < 4.78 is 15.9. The Bertz CT molecular complexity index is 441. The van der Waals surface area contributed by atoms with Gasteiger partial charge in [0.15, 0.2) is 0 Å². The second kappa shape index (κ2) is 6.43. The van der Waals surface area contributed by atoms with Gasteiger partial charge in [0.2, 0.25) is 0 Å². The van der Waals surface area contributed by atoms with Crippen LogP contribution in [0.1, 0.15) is 29.6 Å². The molecule has 0 aromatic heterocycles. The van der Waals surface area contributed by atoms with Gasteiger partial charge in [-0.3, -0.25) is 0 Å². The number of anilines is 1. The van der Waals surface area contributed by atoms with E-state index in [0.29, 0.717) is 17.0 Å². The highest BCUT2D eigenvalue weighted by molar-refractivity contribution is 5.93.